The maximum absolute atomic E-state index is 11.9. The van der Waals surface area contributed by atoms with Crippen molar-refractivity contribution in [2.45, 2.75) is 19.4 Å². The van der Waals surface area contributed by atoms with Crippen molar-refractivity contribution in [1.29, 1.82) is 0 Å². The Morgan fingerprint density at radius 2 is 1.88 bits per heavy atom. The first-order chi connectivity index (χ1) is 8.06. The largest absolute Gasteiger partial charge is 0.369 e. The predicted molar refractivity (Wildman–Crippen MR) is 66.3 cm³/mol. The number of amides is 1. The molecule has 0 saturated heterocycles. The van der Waals surface area contributed by atoms with Crippen LogP contribution in [0.2, 0.25) is 0 Å². The minimum atomic E-state index is -0.433. The molecule has 1 unspecified atom stereocenters. The normalized spacial score (nSPS) is 12.4. The molecular weight excluding hydrogens is 216 g/mol. The number of carbonyl (C=O) groups excluding carboxylic acids is 2. The van der Waals surface area contributed by atoms with Gasteiger partial charge < -0.3 is 5.73 Å². The van der Waals surface area contributed by atoms with Gasteiger partial charge in [-0.1, -0.05) is 37.3 Å². The van der Waals surface area contributed by atoms with Crippen molar-refractivity contribution in [3.8, 4) is 0 Å². The monoisotopic (exact) mass is 234 g/mol. The number of carbonyl (C=O) groups is 2. The van der Waals surface area contributed by atoms with Crippen LogP contribution in [-0.2, 0) is 9.59 Å². The molecule has 1 aromatic rings. The van der Waals surface area contributed by atoms with Crippen molar-refractivity contribution in [2.24, 2.45) is 5.73 Å². The second-order valence-corrected chi connectivity index (χ2v) is 4.01. The number of nitrogens with two attached hydrogens (primary N) is 1. The molecule has 1 amide bonds. The molecule has 0 saturated carbocycles. The molecule has 0 bridgehead atoms. The Labute approximate surface area is 101 Å². The number of nitrogens with zero attached hydrogens (tertiary/aromatic N) is 1. The molecule has 0 aliphatic heterocycles. The maximum Gasteiger partial charge on any atom is 0.231 e. The van der Waals surface area contributed by atoms with Crippen LogP contribution < -0.4 is 5.73 Å². The third kappa shape index (κ3) is 3.67. The number of hydrogen-bond acceptors (Lipinski definition) is 3. The summed E-state index contributed by atoms with van der Waals surface area (Å²) in [6.45, 7) is 1.89. The van der Waals surface area contributed by atoms with Crippen LogP contribution >= 0.6 is 0 Å². The molecule has 4 nitrogen and oxygen atoms in total. The quantitative estimate of drug-likeness (QED) is 0.802. The summed E-state index contributed by atoms with van der Waals surface area (Å²) < 4.78 is 0. The Bertz CT molecular complexity index is 390. The van der Waals surface area contributed by atoms with E-state index in [0.29, 0.717) is 6.42 Å². The van der Waals surface area contributed by atoms with Crippen LogP contribution in [0.25, 0.3) is 0 Å². The number of hydrogen-bond donors (Lipinski definition) is 1. The average molecular weight is 234 g/mol. The second kappa shape index (κ2) is 6.15. The van der Waals surface area contributed by atoms with Gasteiger partial charge in [0.1, 0.15) is 0 Å². The first-order valence-corrected chi connectivity index (χ1v) is 5.62. The number of benzene rings is 1. The topological polar surface area (TPSA) is 63.4 Å². The molecule has 17 heavy (non-hydrogen) atoms. The molecule has 92 valence electrons. The van der Waals surface area contributed by atoms with E-state index in [9.17, 15) is 9.59 Å². The van der Waals surface area contributed by atoms with Gasteiger partial charge in [0.25, 0.3) is 0 Å². The Morgan fingerprint density at radius 3 is 2.35 bits per heavy atom. The summed E-state index contributed by atoms with van der Waals surface area (Å²) >= 11 is 0. The molecule has 0 aliphatic carbocycles. The van der Waals surface area contributed by atoms with Crippen molar-refractivity contribution in [3.05, 3.63) is 35.9 Å². The number of Topliss-reactive ketones (excluding diaryl/α,β-unsaturated/α-hetero) is 1. The first kappa shape index (κ1) is 13.4. The number of rotatable bonds is 6. The summed E-state index contributed by atoms with van der Waals surface area (Å²) in [5.74, 6) is -0.350. The molecule has 0 aliphatic rings. The number of likely N-dealkylation sites (N-methyl/N-ethyl adjacent to an activating group) is 1. The van der Waals surface area contributed by atoms with E-state index in [1.165, 1.54) is 0 Å². The highest BCUT2D eigenvalue weighted by atomic mass is 16.1. The summed E-state index contributed by atoms with van der Waals surface area (Å²) in [6.07, 6.45) is 0.433. The van der Waals surface area contributed by atoms with E-state index in [2.05, 4.69) is 0 Å². The summed E-state index contributed by atoms with van der Waals surface area (Å²) in [7, 11) is 1.73. The van der Waals surface area contributed by atoms with Crippen LogP contribution in [0.4, 0.5) is 0 Å². The van der Waals surface area contributed by atoms with Crippen LogP contribution in [0.5, 0.6) is 0 Å². The second-order valence-electron chi connectivity index (χ2n) is 4.01. The lowest BCUT2D eigenvalue weighted by Gasteiger charge is -2.25. The third-order valence-electron chi connectivity index (χ3n) is 2.61. The zero-order valence-corrected chi connectivity index (χ0v) is 10.2. The van der Waals surface area contributed by atoms with Gasteiger partial charge in [0.05, 0.1) is 12.6 Å². The van der Waals surface area contributed by atoms with E-state index < -0.39 is 11.9 Å². The van der Waals surface area contributed by atoms with Crippen LogP contribution in [0, 0.1) is 0 Å². The van der Waals surface area contributed by atoms with Crippen LogP contribution in [-0.4, -0.2) is 30.2 Å². The molecule has 4 heteroatoms. The van der Waals surface area contributed by atoms with E-state index in [-0.39, 0.29) is 12.3 Å². The molecule has 0 radical (unpaired) electrons. The van der Waals surface area contributed by atoms with Gasteiger partial charge in [-0.3, -0.25) is 14.5 Å². The first-order valence-electron chi connectivity index (χ1n) is 5.62. The minimum absolute atomic E-state index is 0.0747. The van der Waals surface area contributed by atoms with Crippen LogP contribution in [0.1, 0.15) is 24.9 Å². The molecule has 0 aromatic heterocycles. The Morgan fingerprint density at radius 1 is 1.29 bits per heavy atom. The lowest BCUT2D eigenvalue weighted by molar-refractivity contribution is -0.125. The van der Waals surface area contributed by atoms with Crippen molar-refractivity contribution < 1.29 is 9.59 Å². The maximum atomic E-state index is 11.9. The predicted octanol–water partition coefficient (Wildman–Crippen LogP) is 1.12. The SMILES string of the molecule is CCC(=O)C(c1ccccc1)N(C)CC(N)=O. The Kier molecular flexibility index (Phi) is 4.84. The number of ketones is 1. The van der Waals surface area contributed by atoms with E-state index >= 15 is 0 Å². The Balaban J connectivity index is 2.96. The van der Waals surface area contributed by atoms with Gasteiger partial charge >= 0.3 is 0 Å². The standard InChI is InChI=1S/C13H18N2O2/c1-3-11(16)13(15(2)9-12(14)17)10-7-5-4-6-8-10/h4-8,13H,3,9H2,1-2H3,(H2,14,17). The molecule has 2 N–H and O–H groups in total. The van der Waals surface area contributed by atoms with Crippen molar-refractivity contribution >= 4 is 11.7 Å². The van der Waals surface area contributed by atoms with Gasteiger partial charge in [0, 0.05) is 6.42 Å². The van der Waals surface area contributed by atoms with Gasteiger partial charge in [0.15, 0.2) is 5.78 Å². The highest BCUT2D eigenvalue weighted by molar-refractivity contribution is 5.86. The molecule has 1 aromatic carbocycles. The van der Waals surface area contributed by atoms with E-state index in [1.54, 1.807) is 11.9 Å². The zero-order chi connectivity index (χ0) is 12.8. The molecule has 0 fully saturated rings. The molecule has 1 rings (SSSR count). The summed E-state index contributed by atoms with van der Waals surface area (Å²) in [4.78, 5) is 24.6. The molecular formula is C13H18N2O2. The van der Waals surface area contributed by atoms with Gasteiger partial charge in [-0.15, -0.1) is 0 Å². The van der Waals surface area contributed by atoms with Gasteiger partial charge in [-0.2, -0.15) is 0 Å². The minimum Gasteiger partial charge on any atom is -0.369 e. The zero-order valence-electron chi connectivity index (χ0n) is 10.2. The number of primary amides is 1. The van der Waals surface area contributed by atoms with Crippen molar-refractivity contribution in [2.75, 3.05) is 13.6 Å². The summed E-state index contributed by atoms with van der Waals surface area (Å²) in [5.41, 5.74) is 6.05. The highest BCUT2D eigenvalue weighted by Gasteiger charge is 2.24. The van der Waals surface area contributed by atoms with Crippen LogP contribution in [0.15, 0.2) is 30.3 Å². The fraction of sp³-hybridized carbons (Fsp3) is 0.385. The fourth-order valence-electron chi connectivity index (χ4n) is 1.85. The van der Waals surface area contributed by atoms with E-state index in [4.69, 9.17) is 5.73 Å². The smallest absolute Gasteiger partial charge is 0.231 e. The fourth-order valence-corrected chi connectivity index (χ4v) is 1.85. The van der Waals surface area contributed by atoms with Gasteiger partial charge in [0.2, 0.25) is 5.91 Å². The lowest BCUT2D eigenvalue weighted by Crippen LogP contribution is -2.37. The van der Waals surface area contributed by atoms with E-state index in [1.807, 2.05) is 37.3 Å². The van der Waals surface area contributed by atoms with Gasteiger partial charge in [-0.25, -0.2) is 0 Å². The molecule has 1 atom stereocenters. The highest BCUT2D eigenvalue weighted by Crippen LogP contribution is 2.21. The Hall–Kier alpha value is -1.68. The van der Waals surface area contributed by atoms with Crippen molar-refractivity contribution in [3.63, 3.8) is 0 Å². The molecule has 0 spiro atoms. The van der Waals surface area contributed by atoms with Crippen LogP contribution in [0.3, 0.4) is 0 Å². The van der Waals surface area contributed by atoms with Gasteiger partial charge in [-0.05, 0) is 12.6 Å². The summed E-state index contributed by atoms with van der Waals surface area (Å²) in [6, 6.07) is 9.03. The third-order valence-corrected chi connectivity index (χ3v) is 2.61. The molecule has 0 heterocycles. The lowest BCUT2D eigenvalue weighted by atomic mass is 10.00. The van der Waals surface area contributed by atoms with Crippen molar-refractivity contribution in [1.82, 2.24) is 4.90 Å². The average Bonchev–Trinajstić information content (AvgIpc) is 2.29. The van der Waals surface area contributed by atoms with E-state index in [0.717, 1.165) is 5.56 Å². The summed E-state index contributed by atoms with van der Waals surface area (Å²) in [5, 5.41) is 0.